The Balaban J connectivity index is 2.98. The lowest BCUT2D eigenvalue weighted by Crippen LogP contribution is -2.24. The van der Waals surface area contributed by atoms with Gasteiger partial charge in [-0.2, -0.15) is 0 Å². The Labute approximate surface area is 95.6 Å². The molecule has 0 bridgehead atoms. The lowest BCUT2D eigenvalue weighted by Gasteiger charge is -2.23. The van der Waals surface area contributed by atoms with Gasteiger partial charge in [0, 0.05) is 18.1 Å². The summed E-state index contributed by atoms with van der Waals surface area (Å²) in [4.78, 5) is 2.08. The highest BCUT2D eigenvalue weighted by Crippen LogP contribution is 2.26. The zero-order chi connectivity index (χ0) is 11.3. The fourth-order valence-electron chi connectivity index (χ4n) is 1.40. The van der Waals surface area contributed by atoms with E-state index in [9.17, 15) is 0 Å². The molecule has 0 radical (unpaired) electrons. The predicted octanol–water partition coefficient (Wildman–Crippen LogP) is 3.10. The third-order valence-electron chi connectivity index (χ3n) is 2.03. The van der Waals surface area contributed by atoms with Gasteiger partial charge >= 0.3 is 0 Å². The number of anilines is 2. The first-order chi connectivity index (χ1) is 7.19. The summed E-state index contributed by atoms with van der Waals surface area (Å²) in [6.45, 7) is 8.89. The van der Waals surface area contributed by atoms with E-state index in [4.69, 9.17) is 17.3 Å². The second-order valence-electron chi connectivity index (χ2n) is 3.19. The number of nitrogens with two attached hydrogens (primary N) is 1. The summed E-state index contributed by atoms with van der Waals surface area (Å²) in [5.74, 6) is 0. The normalized spacial score (nSPS) is 9.67. The molecule has 0 amide bonds. The minimum atomic E-state index is 0.647. The average molecular weight is 223 g/mol. The van der Waals surface area contributed by atoms with Gasteiger partial charge in [0.25, 0.3) is 0 Å². The van der Waals surface area contributed by atoms with Gasteiger partial charge in [-0.3, -0.25) is 0 Å². The highest BCUT2D eigenvalue weighted by molar-refractivity contribution is 6.31. The van der Waals surface area contributed by atoms with Crippen molar-refractivity contribution in [2.45, 2.75) is 0 Å². The Bertz CT molecular complexity index is 351. The van der Waals surface area contributed by atoms with E-state index in [1.54, 1.807) is 6.07 Å². The van der Waals surface area contributed by atoms with Crippen LogP contribution in [-0.2, 0) is 0 Å². The number of hydrogen-bond acceptors (Lipinski definition) is 2. The molecule has 80 valence electrons. The molecule has 3 heteroatoms. The summed E-state index contributed by atoms with van der Waals surface area (Å²) in [5.41, 5.74) is 7.52. The van der Waals surface area contributed by atoms with Crippen molar-refractivity contribution in [1.29, 1.82) is 0 Å². The summed E-state index contributed by atoms with van der Waals surface area (Å²) in [5, 5.41) is 0.647. The van der Waals surface area contributed by atoms with Gasteiger partial charge in [0.15, 0.2) is 0 Å². The van der Waals surface area contributed by atoms with Crippen molar-refractivity contribution in [2.24, 2.45) is 0 Å². The molecule has 0 spiro atoms. The molecule has 0 saturated heterocycles. The van der Waals surface area contributed by atoms with E-state index in [0.29, 0.717) is 10.7 Å². The van der Waals surface area contributed by atoms with Gasteiger partial charge in [-0.05, 0) is 18.2 Å². The van der Waals surface area contributed by atoms with Crippen LogP contribution < -0.4 is 10.6 Å². The van der Waals surface area contributed by atoms with Crippen LogP contribution in [0.25, 0.3) is 0 Å². The molecule has 15 heavy (non-hydrogen) atoms. The van der Waals surface area contributed by atoms with Crippen LogP contribution in [0.1, 0.15) is 0 Å². The van der Waals surface area contributed by atoms with Gasteiger partial charge in [-0.25, -0.2) is 0 Å². The zero-order valence-corrected chi connectivity index (χ0v) is 9.37. The first kappa shape index (κ1) is 11.7. The smallest absolute Gasteiger partial charge is 0.0606 e. The first-order valence-corrected chi connectivity index (χ1v) is 5.08. The minimum absolute atomic E-state index is 0.647. The van der Waals surface area contributed by atoms with Gasteiger partial charge in [-0.1, -0.05) is 23.8 Å². The third-order valence-corrected chi connectivity index (χ3v) is 2.26. The molecule has 0 saturated carbocycles. The van der Waals surface area contributed by atoms with Crippen molar-refractivity contribution in [3.05, 3.63) is 48.5 Å². The standard InChI is InChI=1S/C12H15ClN2/c1-3-7-15(8-4-2)12-6-5-10(13)9-11(12)14/h3-6,9H,1-2,7-8,14H2. The second kappa shape index (κ2) is 5.47. The van der Waals surface area contributed by atoms with Crippen molar-refractivity contribution in [3.63, 3.8) is 0 Å². The summed E-state index contributed by atoms with van der Waals surface area (Å²) in [7, 11) is 0. The molecule has 0 aromatic heterocycles. The Morgan fingerprint density at radius 2 is 1.87 bits per heavy atom. The van der Waals surface area contributed by atoms with Crippen molar-refractivity contribution >= 4 is 23.0 Å². The predicted molar refractivity (Wildman–Crippen MR) is 68.5 cm³/mol. The van der Waals surface area contributed by atoms with E-state index < -0.39 is 0 Å². The van der Waals surface area contributed by atoms with Crippen LogP contribution in [0.4, 0.5) is 11.4 Å². The molecule has 0 unspecified atom stereocenters. The van der Waals surface area contributed by atoms with Crippen LogP contribution >= 0.6 is 11.6 Å². The number of nitrogens with zero attached hydrogens (tertiary/aromatic N) is 1. The summed E-state index contributed by atoms with van der Waals surface area (Å²) < 4.78 is 0. The summed E-state index contributed by atoms with van der Waals surface area (Å²) >= 11 is 5.84. The second-order valence-corrected chi connectivity index (χ2v) is 3.62. The lowest BCUT2D eigenvalue weighted by molar-refractivity contribution is 0.959. The Morgan fingerprint density at radius 1 is 1.27 bits per heavy atom. The highest BCUT2D eigenvalue weighted by Gasteiger charge is 2.06. The molecule has 0 aliphatic rings. The number of rotatable bonds is 5. The molecule has 0 aliphatic heterocycles. The largest absolute Gasteiger partial charge is 0.397 e. The maximum absolute atomic E-state index is 5.89. The summed E-state index contributed by atoms with van der Waals surface area (Å²) in [6.07, 6.45) is 3.66. The molecule has 0 heterocycles. The lowest BCUT2D eigenvalue weighted by atomic mass is 10.2. The molecule has 0 aliphatic carbocycles. The van der Waals surface area contributed by atoms with E-state index in [-0.39, 0.29) is 0 Å². The number of benzene rings is 1. The van der Waals surface area contributed by atoms with Crippen molar-refractivity contribution in [3.8, 4) is 0 Å². The van der Waals surface area contributed by atoms with E-state index in [0.717, 1.165) is 18.8 Å². The molecule has 2 N–H and O–H groups in total. The van der Waals surface area contributed by atoms with Gasteiger partial charge in [-0.15, -0.1) is 13.2 Å². The quantitative estimate of drug-likeness (QED) is 0.613. The average Bonchev–Trinajstić information content (AvgIpc) is 2.17. The third kappa shape index (κ3) is 3.03. The van der Waals surface area contributed by atoms with Crippen LogP contribution in [0.3, 0.4) is 0 Å². The fraction of sp³-hybridized carbons (Fsp3) is 0.167. The van der Waals surface area contributed by atoms with Gasteiger partial charge in [0.2, 0.25) is 0 Å². The van der Waals surface area contributed by atoms with Crippen LogP contribution in [0.15, 0.2) is 43.5 Å². The Hall–Kier alpha value is -1.41. The highest BCUT2D eigenvalue weighted by atomic mass is 35.5. The van der Waals surface area contributed by atoms with Crippen LogP contribution in [0.5, 0.6) is 0 Å². The SMILES string of the molecule is C=CCN(CC=C)c1ccc(Cl)cc1N. The number of hydrogen-bond donors (Lipinski definition) is 1. The monoisotopic (exact) mass is 222 g/mol. The number of nitrogen functional groups attached to an aromatic ring is 1. The van der Waals surface area contributed by atoms with E-state index in [1.807, 2.05) is 24.3 Å². The molecule has 1 rings (SSSR count). The van der Waals surface area contributed by atoms with Gasteiger partial charge in [0.1, 0.15) is 0 Å². The molecule has 1 aromatic carbocycles. The van der Waals surface area contributed by atoms with Crippen LogP contribution in [-0.4, -0.2) is 13.1 Å². The van der Waals surface area contributed by atoms with Crippen molar-refractivity contribution in [1.82, 2.24) is 0 Å². The maximum atomic E-state index is 5.89. The summed E-state index contributed by atoms with van der Waals surface area (Å²) in [6, 6.07) is 5.48. The zero-order valence-electron chi connectivity index (χ0n) is 8.62. The molecule has 1 aromatic rings. The minimum Gasteiger partial charge on any atom is -0.397 e. The van der Waals surface area contributed by atoms with Crippen molar-refractivity contribution in [2.75, 3.05) is 23.7 Å². The van der Waals surface area contributed by atoms with E-state index >= 15 is 0 Å². The molecule has 0 fully saturated rings. The van der Waals surface area contributed by atoms with E-state index in [1.165, 1.54) is 0 Å². The first-order valence-electron chi connectivity index (χ1n) is 4.70. The molecular weight excluding hydrogens is 208 g/mol. The van der Waals surface area contributed by atoms with E-state index in [2.05, 4.69) is 18.1 Å². The van der Waals surface area contributed by atoms with Crippen LogP contribution in [0.2, 0.25) is 5.02 Å². The fourth-order valence-corrected chi connectivity index (χ4v) is 1.58. The Kier molecular flexibility index (Phi) is 4.25. The molecular formula is C12H15ClN2. The topological polar surface area (TPSA) is 29.3 Å². The molecule has 2 nitrogen and oxygen atoms in total. The maximum Gasteiger partial charge on any atom is 0.0606 e. The van der Waals surface area contributed by atoms with Gasteiger partial charge < -0.3 is 10.6 Å². The van der Waals surface area contributed by atoms with Crippen LogP contribution in [0, 0.1) is 0 Å². The number of halogens is 1. The molecule has 0 atom stereocenters. The Morgan fingerprint density at radius 3 is 2.33 bits per heavy atom. The van der Waals surface area contributed by atoms with Crippen molar-refractivity contribution < 1.29 is 0 Å². The van der Waals surface area contributed by atoms with Gasteiger partial charge in [0.05, 0.1) is 11.4 Å².